The molecule has 0 bridgehead atoms. The van der Waals surface area contributed by atoms with Crippen LogP contribution in [0.3, 0.4) is 0 Å². The van der Waals surface area contributed by atoms with Crippen molar-refractivity contribution >= 4 is 6.09 Å². The highest BCUT2D eigenvalue weighted by Crippen LogP contribution is 2.23. The standard InChI is InChI=1S/C13H17FN2O3/c1-2-15-6-9-4-3-5-11(14)12(9)18-8-10-7-16-13(17)19-10/h3-5,10,15H,2,6-8H2,1H3,(H,16,17). The molecule has 1 atom stereocenters. The number of ether oxygens (including phenoxy) is 2. The molecule has 19 heavy (non-hydrogen) atoms. The Morgan fingerprint density at radius 2 is 2.42 bits per heavy atom. The van der Waals surface area contributed by atoms with E-state index < -0.39 is 11.9 Å². The summed E-state index contributed by atoms with van der Waals surface area (Å²) < 4.78 is 24.1. The molecule has 1 aromatic rings. The molecule has 1 aliphatic heterocycles. The van der Waals surface area contributed by atoms with Gasteiger partial charge in [-0.15, -0.1) is 0 Å². The lowest BCUT2D eigenvalue weighted by atomic mass is 10.2. The lowest BCUT2D eigenvalue weighted by Gasteiger charge is -2.14. The molecule has 0 aliphatic carbocycles. The minimum Gasteiger partial charge on any atom is -0.486 e. The van der Waals surface area contributed by atoms with Gasteiger partial charge in [0.2, 0.25) is 0 Å². The van der Waals surface area contributed by atoms with Gasteiger partial charge < -0.3 is 20.1 Å². The number of benzene rings is 1. The van der Waals surface area contributed by atoms with Crippen LogP contribution in [-0.4, -0.2) is 31.9 Å². The molecule has 1 aliphatic rings. The quantitative estimate of drug-likeness (QED) is 0.819. The van der Waals surface area contributed by atoms with Gasteiger partial charge in [0.25, 0.3) is 0 Å². The van der Waals surface area contributed by atoms with Gasteiger partial charge in [0, 0.05) is 12.1 Å². The molecule has 1 heterocycles. The third-order valence-corrected chi connectivity index (χ3v) is 2.78. The van der Waals surface area contributed by atoms with Gasteiger partial charge in [-0.1, -0.05) is 19.1 Å². The SMILES string of the molecule is CCNCc1cccc(F)c1OCC1CNC(=O)O1. The van der Waals surface area contributed by atoms with Crippen molar-refractivity contribution in [2.75, 3.05) is 19.7 Å². The number of cyclic esters (lactones) is 1. The smallest absolute Gasteiger partial charge is 0.407 e. The fraction of sp³-hybridized carbons (Fsp3) is 0.462. The first-order valence-corrected chi connectivity index (χ1v) is 6.26. The van der Waals surface area contributed by atoms with Crippen molar-refractivity contribution in [3.05, 3.63) is 29.6 Å². The Balaban J connectivity index is 1.99. The van der Waals surface area contributed by atoms with Crippen LogP contribution in [0.4, 0.5) is 9.18 Å². The molecule has 0 aromatic heterocycles. The average Bonchev–Trinajstić information content (AvgIpc) is 2.81. The Kier molecular flexibility index (Phi) is 4.57. The van der Waals surface area contributed by atoms with E-state index in [1.807, 2.05) is 6.92 Å². The largest absolute Gasteiger partial charge is 0.486 e. The fourth-order valence-corrected chi connectivity index (χ4v) is 1.82. The second kappa shape index (κ2) is 6.38. The van der Waals surface area contributed by atoms with E-state index >= 15 is 0 Å². The Hall–Kier alpha value is -1.82. The molecule has 104 valence electrons. The summed E-state index contributed by atoms with van der Waals surface area (Å²) in [6, 6.07) is 4.80. The zero-order valence-electron chi connectivity index (χ0n) is 10.7. The van der Waals surface area contributed by atoms with Gasteiger partial charge >= 0.3 is 6.09 Å². The number of carbonyl (C=O) groups is 1. The molecule has 0 saturated carbocycles. The van der Waals surface area contributed by atoms with Crippen molar-refractivity contribution in [3.8, 4) is 5.75 Å². The summed E-state index contributed by atoms with van der Waals surface area (Å²) in [6.07, 6.45) is -0.839. The number of alkyl carbamates (subject to hydrolysis) is 1. The number of amides is 1. The van der Waals surface area contributed by atoms with E-state index in [1.165, 1.54) is 6.07 Å². The molecular weight excluding hydrogens is 251 g/mol. The topological polar surface area (TPSA) is 59.6 Å². The molecular formula is C13H17FN2O3. The third kappa shape index (κ3) is 3.57. The first-order chi connectivity index (χ1) is 9.20. The molecule has 1 aromatic carbocycles. The lowest BCUT2D eigenvalue weighted by molar-refractivity contribution is 0.103. The van der Waals surface area contributed by atoms with E-state index in [4.69, 9.17) is 9.47 Å². The minimum absolute atomic E-state index is 0.138. The van der Waals surface area contributed by atoms with Gasteiger partial charge in [-0.2, -0.15) is 0 Å². The molecule has 1 amide bonds. The molecule has 0 radical (unpaired) electrons. The molecule has 2 N–H and O–H groups in total. The Morgan fingerprint density at radius 1 is 1.58 bits per heavy atom. The minimum atomic E-state index is -0.463. The van der Waals surface area contributed by atoms with Crippen molar-refractivity contribution in [2.45, 2.75) is 19.6 Å². The maximum Gasteiger partial charge on any atom is 0.407 e. The van der Waals surface area contributed by atoms with Gasteiger partial charge in [0.1, 0.15) is 6.61 Å². The van der Waals surface area contributed by atoms with Crippen LogP contribution in [0.2, 0.25) is 0 Å². The monoisotopic (exact) mass is 268 g/mol. The Labute approximate surface area is 111 Å². The van der Waals surface area contributed by atoms with Crippen LogP contribution in [0, 0.1) is 5.82 Å². The summed E-state index contributed by atoms with van der Waals surface area (Å²) in [6.45, 7) is 3.82. The van der Waals surface area contributed by atoms with E-state index in [0.29, 0.717) is 13.1 Å². The lowest BCUT2D eigenvalue weighted by Crippen LogP contribution is -2.23. The van der Waals surface area contributed by atoms with Crippen molar-refractivity contribution in [2.24, 2.45) is 0 Å². The Morgan fingerprint density at radius 3 is 3.11 bits per heavy atom. The summed E-state index contributed by atoms with van der Waals surface area (Å²) in [5.74, 6) is -0.195. The van der Waals surface area contributed by atoms with E-state index in [1.54, 1.807) is 12.1 Å². The average molecular weight is 268 g/mol. The van der Waals surface area contributed by atoms with Gasteiger partial charge in [-0.05, 0) is 12.6 Å². The molecule has 1 unspecified atom stereocenters. The van der Waals surface area contributed by atoms with Crippen LogP contribution in [0.25, 0.3) is 0 Å². The van der Waals surface area contributed by atoms with Crippen LogP contribution in [0.5, 0.6) is 5.75 Å². The number of carbonyl (C=O) groups excluding carboxylic acids is 1. The van der Waals surface area contributed by atoms with E-state index in [2.05, 4.69) is 10.6 Å². The van der Waals surface area contributed by atoms with E-state index in [-0.39, 0.29) is 18.5 Å². The summed E-state index contributed by atoms with van der Waals surface area (Å²) in [5, 5.41) is 5.64. The molecule has 1 fully saturated rings. The summed E-state index contributed by atoms with van der Waals surface area (Å²) >= 11 is 0. The number of halogens is 1. The predicted molar refractivity (Wildman–Crippen MR) is 67.5 cm³/mol. The Bertz CT molecular complexity index is 454. The molecule has 5 nitrogen and oxygen atoms in total. The molecule has 0 spiro atoms. The zero-order chi connectivity index (χ0) is 13.7. The predicted octanol–water partition coefficient (Wildman–Crippen LogP) is 1.42. The summed E-state index contributed by atoms with van der Waals surface area (Å²) in [4.78, 5) is 10.9. The number of hydrogen-bond acceptors (Lipinski definition) is 4. The van der Waals surface area contributed by atoms with Gasteiger partial charge in [-0.3, -0.25) is 0 Å². The van der Waals surface area contributed by atoms with Crippen molar-refractivity contribution in [1.29, 1.82) is 0 Å². The normalized spacial score (nSPS) is 18.0. The van der Waals surface area contributed by atoms with Crippen LogP contribution in [0.15, 0.2) is 18.2 Å². The van der Waals surface area contributed by atoms with Gasteiger partial charge in [-0.25, -0.2) is 9.18 Å². The van der Waals surface area contributed by atoms with Crippen LogP contribution >= 0.6 is 0 Å². The van der Waals surface area contributed by atoms with E-state index in [0.717, 1.165) is 12.1 Å². The van der Waals surface area contributed by atoms with Gasteiger partial charge in [0.05, 0.1) is 6.54 Å². The summed E-state index contributed by atoms with van der Waals surface area (Å²) in [7, 11) is 0. The highest BCUT2D eigenvalue weighted by molar-refractivity contribution is 5.69. The number of para-hydroxylation sites is 1. The number of nitrogens with one attached hydrogen (secondary N) is 2. The third-order valence-electron chi connectivity index (χ3n) is 2.78. The van der Waals surface area contributed by atoms with Crippen LogP contribution < -0.4 is 15.4 Å². The summed E-state index contributed by atoms with van der Waals surface area (Å²) in [5.41, 5.74) is 0.749. The number of hydrogen-bond donors (Lipinski definition) is 2. The van der Waals surface area contributed by atoms with E-state index in [9.17, 15) is 9.18 Å². The van der Waals surface area contributed by atoms with Crippen molar-refractivity contribution in [1.82, 2.24) is 10.6 Å². The first kappa shape index (κ1) is 13.6. The van der Waals surface area contributed by atoms with Crippen molar-refractivity contribution < 1.29 is 18.7 Å². The molecule has 2 rings (SSSR count). The van der Waals surface area contributed by atoms with Crippen LogP contribution in [0.1, 0.15) is 12.5 Å². The fourth-order valence-electron chi connectivity index (χ4n) is 1.82. The molecule has 6 heteroatoms. The highest BCUT2D eigenvalue weighted by atomic mass is 19.1. The first-order valence-electron chi connectivity index (χ1n) is 6.26. The second-order valence-electron chi connectivity index (χ2n) is 4.23. The van der Waals surface area contributed by atoms with Crippen molar-refractivity contribution in [3.63, 3.8) is 0 Å². The zero-order valence-corrected chi connectivity index (χ0v) is 10.7. The maximum absolute atomic E-state index is 13.8. The maximum atomic E-state index is 13.8. The van der Waals surface area contributed by atoms with Crippen LogP contribution in [-0.2, 0) is 11.3 Å². The second-order valence-corrected chi connectivity index (χ2v) is 4.23. The van der Waals surface area contributed by atoms with Gasteiger partial charge in [0.15, 0.2) is 17.7 Å². The highest BCUT2D eigenvalue weighted by Gasteiger charge is 2.23. The molecule has 1 saturated heterocycles. The number of rotatable bonds is 6.